The van der Waals surface area contributed by atoms with Crippen molar-refractivity contribution in [2.45, 2.75) is 33.2 Å². The molecule has 0 saturated carbocycles. The van der Waals surface area contributed by atoms with Gasteiger partial charge in [-0.1, -0.05) is 19.1 Å². The highest BCUT2D eigenvalue weighted by Gasteiger charge is 2.34. The van der Waals surface area contributed by atoms with Gasteiger partial charge in [0.15, 0.2) is 0 Å². The zero-order chi connectivity index (χ0) is 23.5. The van der Waals surface area contributed by atoms with E-state index in [1.807, 2.05) is 11.8 Å². The fraction of sp³-hybridized carbons (Fsp3) is 0.435. The van der Waals surface area contributed by atoms with E-state index in [-0.39, 0.29) is 30.0 Å². The van der Waals surface area contributed by atoms with E-state index < -0.39 is 0 Å². The van der Waals surface area contributed by atoms with E-state index in [1.165, 1.54) is 19.1 Å². The van der Waals surface area contributed by atoms with Crippen LogP contribution in [0.15, 0.2) is 24.3 Å². The third kappa shape index (κ3) is 4.94. The Kier molecular flexibility index (Phi) is 6.52. The number of fused-ring (bicyclic) bond motifs is 1. The van der Waals surface area contributed by atoms with Gasteiger partial charge in [-0.15, -0.1) is 0 Å². The summed E-state index contributed by atoms with van der Waals surface area (Å²) in [5.41, 5.74) is 1.58. The van der Waals surface area contributed by atoms with Crippen LogP contribution in [-0.2, 0) is 22.6 Å². The van der Waals surface area contributed by atoms with Crippen molar-refractivity contribution in [3.05, 3.63) is 46.9 Å². The molecule has 0 spiro atoms. The molecule has 2 aliphatic heterocycles. The molecule has 2 aliphatic rings. The first-order valence-corrected chi connectivity index (χ1v) is 11.1. The molecule has 1 N–H and O–H groups in total. The van der Waals surface area contributed by atoms with Crippen molar-refractivity contribution in [2.24, 2.45) is 0 Å². The van der Waals surface area contributed by atoms with Gasteiger partial charge in [-0.25, -0.2) is 9.37 Å². The first-order chi connectivity index (χ1) is 15.9. The first-order valence-electron chi connectivity index (χ1n) is 11.1. The van der Waals surface area contributed by atoms with E-state index >= 15 is 0 Å². The molecule has 33 heavy (non-hydrogen) atoms. The van der Waals surface area contributed by atoms with Gasteiger partial charge in [-0.2, -0.15) is 4.98 Å². The molecule has 1 saturated heterocycles. The third-order valence-corrected chi connectivity index (χ3v) is 5.87. The number of amides is 3. The first kappa shape index (κ1) is 22.6. The minimum absolute atomic E-state index is 0.0173. The zero-order valence-electron chi connectivity index (χ0n) is 18.8. The SMILES string of the molecule is CCCN1Cc2c(NC(=O)Cc3ccc(F)cc3)nc(N3CCN(C(C)=O)CC3)nc2C1=O. The number of benzene rings is 1. The summed E-state index contributed by atoms with van der Waals surface area (Å²) in [4.78, 5) is 51.8. The number of hydrogen-bond acceptors (Lipinski definition) is 6. The zero-order valence-corrected chi connectivity index (χ0v) is 18.8. The molecule has 10 heteroatoms. The number of piperazine rings is 1. The predicted molar refractivity (Wildman–Crippen MR) is 120 cm³/mol. The minimum Gasteiger partial charge on any atom is -0.339 e. The number of rotatable bonds is 6. The molecule has 1 fully saturated rings. The van der Waals surface area contributed by atoms with Gasteiger partial charge in [0.05, 0.1) is 13.0 Å². The van der Waals surface area contributed by atoms with Crippen molar-refractivity contribution >= 4 is 29.5 Å². The number of carbonyl (C=O) groups is 3. The Morgan fingerprint density at radius 3 is 2.42 bits per heavy atom. The minimum atomic E-state index is -0.364. The van der Waals surface area contributed by atoms with E-state index in [0.717, 1.165) is 6.42 Å². The van der Waals surface area contributed by atoms with Crippen molar-refractivity contribution in [2.75, 3.05) is 42.9 Å². The number of nitrogens with one attached hydrogen (secondary N) is 1. The van der Waals surface area contributed by atoms with Crippen molar-refractivity contribution in [3.63, 3.8) is 0 Å². The van der Waals surface area contributed by atoms with Crippen LogP contribution in [0.5, 0.6) is 0 Å². The van der Waals surface area contributed by atoms with E-state index in [9.17, 15) is 18.8 Å². The van der Waals surface area contributed by atoms with E-state index in [1.54, 1.807) is 21.9 Å². The molecule has 0 unspecified atom stereocenters. The fourth-order valence-electron chi connectivity index (χ4n) is 4.09. The molecule has 1 aromatic carbocycles. The summed E-state index contributed by atoms with van der Waals surface area (Å²) in [6, 6.07) is 5.74. The van der Waals surface area contributed by atoms with Crippen LogP contribution in [0.4, 0.5) is 16.2 Å². The maximum absolute atomic E-state index is 13.2. The molecule has 9 nitrogen and oxygen atoms in total. The molecule has 1 aromatic heterocycles. The van der Waals surface area contributed by atoms with Crippen LogP contribution in [-0.4, -0.2) is 70.2 Å². The van der Waals surface area contributed by atoms with Gasteiger partial charge in [0, 0.05) is 45.2 Å². The molecule has 4 rings (SSSR count). The standard InChI is InChI=1S/C23H27FN6O3/c1-3-8-30-14-18-20(22(30)33)26-23(29-11-9-28(10-12-29)15(2)31)27-21(18)25-19(32)13-16-4-6-17(24)7-5-16/h4-7H,3,8-14H2,1-2H3,(H,25,26,27,32). The number of nitrogens with zero attached hydrogens (tertiary/aromatic N) is 5. The van der Waals surface area contributed by atoms with Gasteiger partial charge in [-0.05, 0) is 24.1 Å². The van der Waals surface area contributed by atoms with Crippen LogP contribution in [0.3, 0.4) is 0 Å². The fourth-order valence-corrected chi connectivity index (χ4v) is 4.09. The highest BCUT2D eigenvalue weighted by atomic mass is 19.1. The normalized spacial score (nSPS) is 15.6. The van der Waals surface area contributed by atoms with Gasteiger partial charge < -0.3 is 20.0 Å². The Labute approximate surface area is 191 Å². The average Bonchev–Trinajstić information content (AvgIpc) is 3.11. The maximum Gasteiger partial charge on any atom is 0.273 e. The summed E-state index contributed by atoms with van der Waals surface area (Å²) in [5.74, 6) is -0.146. The van der Waals surface area contributed by atoms with E-state index in [4.69, 9.17) is 0 Å². The molecule has 0 aliphatic carbocycles. The van der Waals surface area contributed by atoms with Crippen molar-refractivity contribution in [1.29, 1.82) is 0 Å². The largest absolute Gasteiger partial charge is 0.339 e. The molecule has 174 valence electrons. The van der Waals surface area contributed by atoms with Gasteiger partial charge in [0.1, 0.15) is 17.3 Å². The molecule has 0 radical (unpaired) electrons. The summed E-state index contributed by atoms with van der Waals surface area (Å²) >= 11 is 0. The molecular weight excluding hydrogens is 427 g/mol. The monoisotopic (exact) mass is 454 g/mol. The molecule has 3 amide bonds. The van der Waals surface area contributed by atoms with Gasteiger partial charge in [0.25, 0.3) is 5.91 Å². The Balaban J connectivity index is 1.59. The maximum atomic E-state index is 13.2. The van der Waals surface area contributed by atoms with E-state index in [2.05, 4.69) is 15.3 Å². The van der Waals surface area contributed by atoms with E-state index in [0.29, 0.717) is 67.9 Å². The highest BCUT2D eigenvalue weighted by molar-refractivity contribution is 6.00. The Morgan fingerprint density at radius 1 is 1.09 bits per heavy atom. The number of halogens is 1. The summed E-state index contributed by atoms with van der Waals surface area (Å²) in [6.07, 6.45) is 0.859. The Bertz CT molecular complexity index is 1070. The van der Waals surface area contributed by atoms with Crippen LogP contribution in [0.2, 0.25) is 0 Å². The number of carbonyl (C=O) groups excluding carboxylic acids is 3. The van der Waals surface area contributed by atoms with Crippen LogP contribution >= 0.6 is 0 Å². The van der Waals surface area contributed by atoms with Gasteiger partial charge >= 0.3 is 0 Å². The smallest absolute Gasteiger partial charge is 0.273 e. The lowest BCUT2D eigenvalue weighted by Gasteiger charge is -2.34. The molecule has 3 heterocycles. The third-order valence-electron chi connectivity index (χ3n) is 5.87. The molecular formula is C23H27FN6O3. The van der Waals surface area contributed by atoms with Crippen LogP contribution < -0.4 is 10.2 Å². The van der Waals surface area contributed by atoms with Crippen molar-refractivity contribution < 1.29 is 18.8 Å². The van der Waals surface area contributed by atoms with Crippen molar-refractivity contribution in [1.82, 2.24) is 19.8 Å². The number of anilines is 2. The summed E-state index contributed by atoms with van der Waals surface area (Å²) in [6.45, 7) is 6.61. The van der Waals surface area contributed by atoms with Crippen LogP contribution in [0, 0.1) is 5.82 Å². The second kappa shape index (κ2) is 9.51. The molecule has 2 aromatic rings. The van der Waals surface area contributed by atoms with Crippen LogP contribution in [0.25, 0.3) is 0 Å². The Hall–Kier alpha value is -3.56. The number of hydrogen-bond donors (Lipinski definition) is 1. The molecule has 0 bridgehead atoms. The summed E-state index contributed by atoms with van der Waals surface area (Å²) in [5, 5.41) is 2.84. The lowest BCUT2D eigenvalue weighted by Crippen LogP contribution is -2.48. The lowest BCUT2D eigenvalue weighted by atomic mass is 10.1. The second-order valence-electron chi connectivity index (χ2n) is 8.27. The van der Waals surface area contributed by atoms with Crippen molar-refractivity contribution in [3.8, 4) is 0 Å². The molecule has 0 atom stereocenters. The number of aromatic nitrogens is 2. The lowest BCUT2D eigenvalue weighted by molar-refractivity contribution is -0.129. The Morgan fingerprint density at radius 2 is 1.79 bits per heavy atom. The second-order valence-corrected chi connectivity index (χ2v) is 8.27. The highest BCUT2D eigenvalue weighted by Crippen LogP contribution is 2.29. The quantitative estimate of drug-likeness (QED) is 0.715. The van der Waals surface area contributed by atoms with Gasteiger partial charge in [0.2, 0.25) is 17.8 Å². The van der Waals surface area contributed by atoms with Gasteiger partial charge in [-0.3, -0.25) is 14.4 Å². The summed E-state index contributed by atoms with van der Waals surface area (Å²) in [7, 11) is 0. The summed E-state index contributed by atoms with van der Waals surface area (Å²) < 4.78 is 13.2. The average molecular weight is 455 g/mol. The predicted octanol–water partition coefficient (Wildman–Crippen LogP) is 1.83. The topological polar surface area (TPSA) is 98.7 Å². The van der Waals surface area contributed by atoms with Crippen LogP contribution in [0.1, 0.15) is 41.9 Å².